The van der Waals surface area contributed by atoms with E-state index in [4.69, 9.17) is 0 Å². The molecule has 0 aliphatic heterocycles. The number of nitrogens with zero attached hydrogens (tertiary/aromatic N) is 1. The number of thioether (sulfide) groups is 1. The summed E-state index contributed by atoms with van der Waals surface area (Å²) in [5.41, 5.74) is -0.716. The van der Waals surface area contributed by atoms with Crippen LogP contribution in [0.4, 0.5) is 8.78 Å². The van der Waals surface area contributed by atoms with Gasteiger partial charge in [0, 0.05) is 10.5 Å². The minimum Gasteiger partial charge on any atom is -0.211 e. The first-order chi connectivity index (χ1) is 8.14. The number of hydrogen-bond donors (Lipinski definition) is 0. The smallest absolute Gasteiger partial charge is 0.211 e. The van der Waals surface area contributed by atoms with Gasteiger partial charge in [-0.05, 0) is 31.6 Å². The molecular weight excluding hydrogens is 244 g/mol. The highest BCUT2D eigenvalue weighted by Gasteiger charge is 2.41. The molecular formula is C12H11F2NOS. The molecule has 1 fully saturated rings. The topological polar surface area (TPSA) is 29.4 Å². The van der Waals surface area contributed by atoms with Crippen LogP contribution in [0.25, 0.3) is 0 Å². The quantitative estimate of drug-likeness (QED) is 0.470. The van der Waals surface area contributed by atoms with Crippen LogP contribution in [0, 0.1) is 11.6 Å². The van der Waals surface area contributed by atoms with E-state index in [0.717, 1.165) is 18.2 Å². The zero-order valence-electron chi connectivity index (χ0n) is 9.30. The SMILES string of the molecule is CSc1ccc(C2(N=C=O)CCC2)c(F)c1F. The van der Waals surface area contributed by atoms with Crippen LogP contribution in [-0.2, 0) is 10.3 Å². The number of halogens is 2. The molecule has 5 heteroatoms. The van der Waals surface area contributed by atoms with E-state index in [1.807, 2.05) is 0 Å². The van der Waals surface area contributed by atoms with Crippen molar-refractivity contribution in [1.82, 2.24) is 0 Å². The maximum Gasteiger partial charge on any atom is 0.235 e. The van der Waals surface area contributed by atoms with Gasteiger partial charge < -0.3 is 0 Å². The second kappa shape index (κ2) is 4.59. The molecule has 0 amide bonds. The molecule has 17 heavy (non-hydrogen) atoms. The summed E-state index contributed by atoms with van der Waals surface area (Å²) in [6.07, 6.45) is 5.14. The van der Waals surface area contributed by atoms with Crippen LogP contribution in [0.5, 0.6) is 0 Å². The Kier molecular flexibility index (Phi) is 3.31. The number of aliphatic imine (C=N–C) groups is 1. The summed E-state index contributed by atoms with van der Waals surface area (Å²) in [4.78, 5) is 14.3. The van der Waals surface area contributed by atoms with Gasteiger partial charge in [0.05, 0.1) is 0 Å². The standard InChI is InChI=1S/C12H11F2NOS/c1-17-9-4-3-8(10(13)11(9)14)12(15-7-16)5-2-6-12/h3-4H,2,5-6H2,1H3. The average molecular weight is 255 g/mol. The van der Waals surface area contributed by atoms with E-state index in [-0.39, 0.29) is 10.5 Å². The molecule has 2 nitrogen and oxygen atoms in total. The van der Waals surface area contributed by atoms with Crippen molar-refractivity contribution in [2.45, 2.75) is 29.7 Å². The number of isocyanates is 1. The van der Waals surface area contributed by atoms with Gasteiger partial charge in [-0.15, -0.1) is 11.8 Å². The molecule has 0 saturated heterocycles. The predicted octanol–water partition coefficient (Wildman–Crippen LogP) is 3.40. The number of hydrogen-bond acceptors (Lipinski definition) is 3. The van der Waals surface area contributed by atoms with Crippen molar-refractivity contribution < 1.29 is 13.6 Å². The van der Waals surface area contributed by atoms with E-state index in [2.05, 4.69) is 4.99 Å². The Morgan fingerprint density at radius 3 is 2.53 bits per heavy atom. The Hall–Kier alpha value is -1.19. The maximum absolute atomic E-state index is 13.9. The largest absolute Gasteiger partial charge is 0.235 e. The van der Waals surface area contributed by atoms with E-state index in [0.29, 0.717) is 12.8 Å². The monoisotopic (exact) mass is 255 g/mol. The minimum atomic E-state index is -0.893. The molecule has 0 heterocycles. The molecule has 1 aromatic rings. The zero-order chi connectivity index (χ0) is 12.5. The average Bonchev–Trinajstić information content (AvgIpc) is 2.28. The highest BCUT2D eigenvalue weighted by molar-refractivity contribution is 7.98. The Balaban J connectivity index is 2.53. The first-order valence-corrected chi connectivity index (χ1v) is 6.48. The molecule has 0 N–H and O–H groups in total. The molecule has 1 aromatic carbocycles. The molecule has 0 atom stereocenters. The van der Waals surface area contributed by atoms with Crippen LogP contribution in [0.2, 0.25) is 0 Å². The number of benzene rings is 1. The first kappa shape index (κ1) is 12.3. The molecule has 0 radical (unpaired) electrons. The fraction of sp³-hybridized carbons (Fsp3) is 0.417. The molecule has 1 aliphatic rings. The summed E-state index contributed by atoms with van der Waals surface area (Å²) in [5.74, 6) is -1.75. The van der Waals surface area contributed by atoms with Crippen molar-refractivity contribution in [3.63, 3.8) is 0 Å². The second-order valence-corrected chi connectivity index (χ2v) is 4.88. The van der Waals surface area contributed by atoms with Crippen molar-refractivity contribution in [2.24, 2.45) is 4.99 Å². The van der Waals surface area contributed by atoms with Crippen LogP contribution >= 0.6 is 11.8 Å². The fourth-order valence-corrected chi connectivity index (χ4v) is 2.56. The van der Waals surface area contributed by atoms with Crippen molar-refractivity contribution >= 4 is 17.8 Å². The minimum absolute atomic E-state index is 0.169. The highest BCUT2D eigenvalue weighted by atomic mass is 32.2. The molecule has 2 rings (SSSR count). The molecule has 0 bridgehead atoms. The molecule has 90 valence electrons. The summed E-state index contributed by atoms with van der Waals surface area (Å²) in [5, 5.41) is 0. The lowest BCUT2D eigenvalue weighted by atomic mass is 9.72. The Labute approximate surface area is 102 Å². The van der Waals surface area contributed by atoms with Crippen molar-refractivity contribution in [2.75, 3.05) is 6.26 Å². The van der Waals surface area contributed by atoms with Gasteiger partial charge in [0.2, 0.25) is 6.08 Å². The third-order valence-corrected chi connectivity index (χ3v) is 3.96. The second-order valence-electron chi connectivity index (χ2n) is 4.03. The van der Waals surface area contributed by atoms with Crippen LogP contribution in [0.15, 0.2) is 22.0 Å². The van der Waals surface area contributed by atoms with Gasteiger partial charge in [0.25, 0.3) is 0 Å². The number of rotatable bonds is 3. The Morgan fingerprint density at radius 2 is 2.06 bits per heavy atom. The third kappa shape index (κ3) is 1.90. The van der Waals surface area contributed by atoms with Crippen molar-refractivity contribution in [3.05, 3.63) is 29.3 Å². The lowest BCUT2D eigenvalue weighted by Gasteiger charge is -2.37. The fourth-order valence-electron chi connectivity index (χ4n) is 2.09. The van der Waals surface area contributed by atoms with Gasteiger partial charge in [0.15, 0.2) is 11.6 Å². The first-order valence-electron chi connectivity index (χ1n) is 5.26. The zero-order valence-corrected chi connectivity index (χ0v) is 10.1. The maximum atomic E-state index is 13.9. The van der Waals surface area contributed by atoms with E-state index < -0.39 is 17.2 Å². The van der Waals surface area contributed by atoms with Gasteiger partial charge >= 0.3 is 0 Å². The Bertz CT molecular complexity index is 494. The summed E-state index contributed by atoms with van der Waals surface area (Å²) in [6.45, 7) is 0. The molecule has 0 aromatic heterocycles. The summed E-state index contributed by atoms with van der Waals surface area (Å²) >= 11 is 1.14. The van der Waals surface area contributed by atoms with Crippen LogP contribution in [0.1, 0.15) is 24.8 Å². The Morgan fingerprint density at radius 1 is 1.35 bits per heavy atom. The van der Waals surface area contributed by atoms with Crippen LogP contribution in [0.3, 0.4) is 0 Å². The number of carbonyl (C=O) groups excluding carboxylic acids is 1. The van der Waals surface area contributed by atoms with Gasteiger partial charge in [0.1, 0.15) is 5.54 Å². The molecule has 1 saturated carbocycles. The normalized spacial score (nSPS) is 17.1. The van der Waals surface area contributed by atoms with E-state index >= 15 is 0 Å². The van der Waals surface area contributed by atoms with Crippen LogP contribution in [-0.4, -0.2) is 12.3 Å². The van der Waals surface area contributed by atoms with Crippen molar-refractivity contribution in [1.29, 1.82) is 0 Å². The van der Waals surface area contributed by atoms with Crippen LogP contribution < -0.4 is 0 Å². The molecule has 0 unspecified atom stereocenters. The van der Waals surface area contributed by atoms with Gasteiger partial charge in [-0.3, -0.25) is 0 Å². The summed E-state index contributed by atoms with van der Waals surface area (Å²) in [6, 6.07) is 3.04. The van der Waals surface area contributed by atoms with E-state index in [9.17, 15) is 13.6 Å². The predicted molar refractivity (Wildman–Crippen MR) is 61.8 cm³/mol. The van der Waals surface area contributed by atoms with Gasteiger partial charge in [-0.25, -0.2) is 13.6 Å². The summed E-state index contributed by atoms with van der Waals surface area (Å²) in [7, 11) is 0. The van der Waals surface area contributed by atoms with Crippen molar-refractivity contribution in [3.8, 4) is 0 Å². The van der Waals surface area contributed by atoms with E-state index in [1.54, 1.807) is 6.26 Å². The third-order valence-electron chi connectivity index (χ3n) is 3.21. The lowest BCUT2D eigenvalue weighted by Crippen LogP contribution is -2.33. The lowest BCUT2D eigenvalue weighted by molar-refractivity contribution is 0.244. The summed E-state index contributed by atoms with van der Waals surface area (Å²) < 4.78 is 27.6. The molecule has 0 spiro atoms. The van der Waals surface area contributed by atoms with E-state index in [1.165, 1.54) is 18.2 Å². The van der Waals surface area contributed by atoms with Gasteiger partial charge in [-0.2, -0.15) is 4.99 Å². The molecule has 1 aliphatic carbocycles. The van der Waals surface area contributed by atoms with Gasteiger partial charge in [-0.1, -0.05) is 6.07 Å². The highest BCUT2D eigenvalue weighted by Crippen LogP contribution is 2.46.